The maximum Gasteiger partial charge on any atom is 0.344 e. The minimum atomic E-state index is -0.519. The number of methoxy groups -OCH3 is 2. The van der Waals surface area contributed by atoms with Crippen LogP contribution >= 0.6 is 15.9 Å². The summed E-state index contributed by atoms with van der Waals surface area (Å²) in [5, 5.41) is 0.706. The molecule has 0 amide bonds. The van der Waals surface area contributed by atoms with E-state index in [2.05, 4.69) is 15.9 Å². The van der Waals surface area contributed by atoms with Gasteiger partial charge in [-0.05, 0) is 36.4 Å². The fourth-order valence-electron chi connectivity index (χ4n) is 3.18. The minimum Gasteiger partial charge on any atom is -0.493 e. The fourth-order valence-corrected chi connectivity index (χ4v) is 3.44. The highest BCUT2D eigenvalue weighted by molar-refractivity contribution is 9.10. The van der Waals surface area contributed by atoms with Gasteiger partial charge in [0.1, 0.15) is 0 Å². The highest BCUT2D eigenvalue weighted by atomic mass is 79.9. The average Bonchev–Trinajstić information content (AvgIpc) is 2.78. The van der Waals surface area contributed by atoms with E-state index in [1.54, 1.807) is 24.3 Å². The summed E-state index contributed by atoms with van der Waals surface area (Å²) in [4.78, 5) is 18.0. The topological polar surface area (TPSA) is 57.7 Å². The van der Waals surface area contributed by atoms with Gasteiger partial charge in [-0.2, -0.15) is 0 Å². The van der Waals surface area contributed by atoms with Crippen LogP contribution in [0.15, 0.2) is 77.3 Å². The molecule has 0 N–H and O–H groups in total. The molecule has 0 spiro atoms. The maximum absolute atomic E-state index is 13.2. The van der Waals surface area contributed by atoms with E-state index in [0.717, 1.165) is 10.0 Å². The van der Waals surface area contributed by atoms with E-state index >= 15 is 0 Å². The number of pyridine rings is 1. The molecule has 0 saturated carbocycles. The molecule has 0 aliphatic carbocycles. The van der Waals surface area contributed by atoms with Crippen molar-refractivity contribution in [1.82, 2.24) is 4.98 Å². The van der Waals surface area contributed by atoms with Crippen molar-refractivity contribution >= 4 is 32.8 Å². The molecule has 0 aliphatic rings. The van der Waals surface area contributed by atoms with E-state index in [9.17, 15) is 4.79 Å². The number of ether oxygens (including phenoxy) is 3. The molecule has 150 valence electrons. The van der Waals surface area contributed by atoms with Crippen molar-refractivity contribution in [2.45, 2.75) is 0 Å². The molecule has 6 heteroatoms. The van der Waals surface area contributed by atoms with Gasteiger partial charge in [-0.15, -0.1) is 0 Å². The van der Waals surface area contributed by atoms with Gasteiger partial charge >= 0.3 is 5.97 Å². The van der Waals surface area contributed by atoms with Gasteiger partial charge in [0.15, 0.2) is 11.5 Å². The number of rotatable bonds is 5. The molecule has 4 aromatic rings. The summed E-state index contributed by atoms with van der Waals surface area (Å²) in [7, 11) is 3.03. The van der Waals surface area contributed by atoms with Crippen molar-refractivity contribution in [1.29, 1.82) is 0 Å². The first-order chi connectivity index (χ1) is 14.6. The number of fused-ring (bicyclic) bond motifs is 1. The van der Waals surface area contributed by atoms with Gasteiger partial charge in [0.2, 0.25) is 5.75 Å². The molecule has 0 unspecified atom stereocenters. The molecule has 0 atom stereocenters. The summed E-state index contributed by atoms with van der Waals surface area (Å²) < 4.78 is 17.4. The first kappa shape index (κ1) is 19.9. The third kappa shape index (κ3) is 3.86. The standard InChI is InChI=1S/C24H18BrNO4/c1-28-21-8-5-9-22(29-2)23(21)30-24(27)18-14-20(15-10-12-16(25)13-11-15)26-19-7-4-3-6-17(18)19/h3-14H,1-2H3. The average molecular weight is 464 g/mol. The number of halogens is 1. The van der Waals surface area contributed by atoms with Crippen LogP contribution in [-0.4, -0.2) is 25.2 Å². The largest absolute Gasteiger partial charge is 0.493 e. The van der Waals surface area contributed by atoms with Crippen LogP contribution in [0.25, 0.3) is 22.2 Å². The van der Waals surface area contributed by atoms with Crippen LogP contribution in [0.4, 0.5) is 0 Å². The van der Waals surface area contributed by atoms with Crippen LogP contribution in [0.5, 0.6) is 17.2 Å². The Kier molecular flexibility index (Phi) is 5.68. The second kappa shape index (κ2) is 8.55. The first-order valence-electron chi connectivity index (χ1n) is 9.19. The lowest BCUT2D eigenvalue weighted by Gasteiger charge is -2.14. The van der Waals surface area contributed by atoms with Gasteiger partial charge in [0.25, 0.3) is 0 Å². The van der Waals surface area contributed by atoms with E-state index in [1.165, 1.54) is 14.2 Å². The molecule has 0 bridgehead atoms. The highest BCUT2D eigenvalue weighted by Gasteiger charge is 2.20. The summed E-state index contributed by atoms with van der Waals surface area (Å²) in [6, 6.07) is 22.2. The summed E-state index contributed by atoms with van der Waals surface area (Å²) >= 11 is 3.44. The molecule has 5 nitrogen and oxygen atoms in total. The van der Waals surface area contributed by atoms with Crippen molar-refractivity contribution < 1.29 is 19.0 Å². The van der Waals surface area contributed by atoms with Crippen molar-refractivity contribution in [2.75, 3.05) is 14.2 Å². The van der Waals surface area contributed by atoms with Crippen molar-refractivity contribution in [3.05, 3.63) is 82.8 Å². The Morgan fingerprint density at radius 3 is 2.20 bits per heavy atom. The smallest absolute Gasteiger partial charge is 0.344 e. The Bertz CT molecular complexity index is 1200. The van der Waals surface area contributed by atoms with E-state index in [1.807, 2.05) is 48.5 Å². The number of carbonyl (C=O) groups excluding carboxylic acids is 1. The summed E-state index contributed by atoms with van der Waals surface area (Å²) in [5.41, 5.74) is 2.69. The molecule has 3 aromatic carbocycles. The Balaban J connectivity index is 1.82. The Morgan fingerprint density at radius 2 is 1.53 bits per heavy atom. The Morgan fingerprint density at radius 1 is 0.867 bits per heavy atom. The molecule has 0 fully saturated rings. The zero-order chi connectivity index (χ0) is 21.1. The van der Waals surface area contributed by atoms with Crippen LogP contribution in [0.2, 0.25) is 0 Å². The molecular formula is C24H18BrNO4. The SMILES string of the molecule is COc1cccc(OC)c1OC(=O)c1cc(-c2ccc(Br)cc2)nc2ccccc12. The second-order valence-corrected chi connectivity index (χ2v) is 7.38. The van der Waals surface area contributed by atoms with Crippen LogP contribution in [0.3, 0.4) is 0 Å². The minimum absolute atomic E-state index is 0.235. The summed E-state index contributed by atoms with van der Waals surface area (Å²) in [5.74, 6) is 0.539. The van der Waals surface area contributed by atoms with Gasteiger partial charge in [-0.25, -0.2) is 9.78 Å². The van der Waals surface area contributed by atoms with Crippen LogP contribution < -0.4 is 14.2 Å². The normalized spacial score (nSPS) is 10.6. The summed E-state index contributed by atoms with van der Waals surface area (Å²) in [6.45, 7) is 0. The number of esters is 1. The van der Waals surface area contributed by atoms with Crippen molar-refractivity contribution in [2.24, 2.45) is 0 Å². The van der Waals surface area contributed by atoms with E-state index in [-0.39, 0.29) is 5.75 Å². The number of benzene rings is 3. The van der Waals surface area contributed by atoms with Crippen molar-refractivity contribution in [3.63, 3.8) is 0 Å². The van der Waals surface area contributed by atoms with Gasteiger partial charge in [0.05, 0.1) is 31.0 Å². The number of aromatic nitrogens is 1. The van der Waals surface area contributed by atoms with E-state index in [0.29, 0.717) is 33.7 Å². The summed E-state index contributed by atoms with van der Waals surface area (Å²) in [6.07, 6.45) is 0. The van der Waals surface area contributed by atoms with Crippen molar-refractivity contribution in [3.8, 4) is 28.5 Å². The van der Waals surface area contributed by atoms with Gasteiger partial charge < -0.3 is 14.2 Å². The number of hydrogen-bond acceptors (Lipinski definition) is 5. The van der Waals surface area contributed by atoms with E-state index < -0.39 is 5.97 Å². The molecule has 30 heavy (non-hydrogen) atoms. The molecule has 0 saturated heterocycles. The lowest BCUT2D eigenvalue weighted by Crippen LogP contribution is -2.11. The Labute approximate surface area is 182 Å². The highest BCUT2D eigenvalue weighted by Crippen LogP contribution is 2.38. The molecule has 0 aliphatic heterocycles. The first-order valence-corrected chi connectivity index (χ1v) is 9.99. The number of para-hydroxylation sites is 2. The zero-order valence-corrected chi connectivity index (χ0v) is 18.0. The monoisotopic (exact) mass is 463 g/mol. The zero-order valence-electron chi connectivity index (χ0n) is 16.4. The molecule has 1 aromatic heterocycles. The van der Waals surface area contributed by atoms with Crippen LogP contribution in [0, 0.1) is 0 Å². The predicted octanol–water partition coefficient (Wildman–Crippen LogP) is 5.90. The Hall–Kier alpha value is -3.38. The third-order valence-corrected chi connectivity index (χ3v) is 5.18. The third-order valence-electron chi connectivity index (χ3n) is 4.65. The number of carbonyl (C=O) groups is 1. The molecule has 0 radical (unpaired) electrons. The van der Waals surface area contributed by atoms with Gasteiger partial charge in [-0.3, -0.25) is 0 Å². The molecule has 1 heterocycles. The lowest BCUT2D eigenvalue weighted by molar-refractivity contribution is 0.0726. The fraction of sp³-hybridized carbons (Fsp3) is 0.0833. The maximum atomic E-state index is 13.2. The number of hydrogen-bond donors (Lipinski definition) is 0. The van der Waals surface area contributed by atoms with Gasteiger partial charge in [0, 0.05) is 15.4 Å². The van der Waals surface area contributed by atoms with Gasteiger partial charge in [-0.1, -0.05) is 52.3 Å². The molecule has 4 rings (SSSR count). The second-order valence-electron chi connectivity index (χ2n) is 6.46. The lowest BCUT2D eigenvalue weighted by atomic mass is 10.0. The van der Waals surface area contributed by atoms with Crippen LogP contribution in [-0.2, 0) is 0 Å². The van der Waals surface area contributed by atoms with Crippen LogP contribution in [0.1, 0.15) is 10.4 Å². The molecular weight excluding hydrogens is 446 g/mol. The predicted molar refractivity (Wildman–Crippen MR) is 119 cm³/mol. The quantitative estimate of drug-likeness (QED) is 0.272. The van der Waals surface area contributed by atoms with E-state index in [4.69, 9.17) is 19.2 Å². The number of nitrogens with zero attached hydrogens (tertiary/aromatic N) is 1.